The number of ketones is 1. The number of aromatic nitrogens is 2. The monoisotopic (exact) mass is 304 g/mol. The van der Waals surface area contributed by atoms with Crippen LogP contribution in [0.15, 0.2) is 30.3 Å². The molecule has 1 saturated heterocycles. The summed E-state index contributed by atoms with van der Waals surface area (Å²) >= 11 is 0. The average molecular weight is 304 g/mol. The molecule has 23 heavy (non-hydrogen) atoms. The van der Waals surface area contributed by atoms with Crippen molar-refractivity contribution in [2.75, 3.05) is 4.90 Å². The van der Waals surface area contributed by atoms with E-state index in [2.05, 4.69) is 16.0 Å². The van der Waals surface area contributed by atoms with E-state index in [0.29, 0.717) is 12.4 Å². The van der Waals surface area contributed by atoms with Crippen LogP contribution in [0.1, 0.15) is 39.8 Å². The molecule has 0 N–H and O–H groups in total. The third-order valence-corrected chi connectivity index (χ3v) is 4.71. The Labute approximate surface area is 134 Å². The lowest BCUT2D eigenvalue weighted by atomic mass is 9.91. The molecule has 1 fully saturated rings. The first-order chi connectivity index (χ1) is 11.1. The predicted molar refractivity (Wildman–Crippen MR) is 85.0 cm³/mol. The van der Waals surface area contributed by atoms with Crippen LogP contribution in [0.3, 0.4) is 0 Å². The van der Waals surface area contributed by atoms with Gasteiger partial charge in [0.2, 0.25) is 5.95 Å². The van der Waals surface area contributed by atoms with E-state index in [1.807, 2.05) is 49.1 Å². The number of nitriles is 1. The highest BCUT2D eigenvalue weighted by Gasteiger charge is 2.52. The maximum Gasteiger partial charge on any atom is 0.226 e. The van der Waals surface area contributed by atoms with E-state index in [9.17, 15) is 10.1 Å². The number of rotatable bonds is 1. The first-order valence-electron chi connectivity index (χ1n) is 7.73. The number of hydrogen-bond donors (Lipinski definition) is 0. The Hall–Kier alpha value is -2.74. The van der Waals surface area contributed by atoms with E-state index in [0.717, 1.165) is 22.5 Å². The summed E-state index contributed by atoms with van der Waals surface area (Å²) in [6, 6.07) is 11.4. The van der Waals surface area contributed by atoms with Crippen LogP contribution >= 0.6 is 0 Å². The number of aryl methyl sites for hydroxylation is 2. The van der Waals surface area contributed by atoms with Gasteiger partial charge in [-0.25, -0.2) is 9.97 Å². The Kier molecular flexibility index (Phi) is 2.95. The number of nitrogens with zero attached hydrogens (tertiary/aromatic N) is 4. The summed E-state index contributed by atoms with van der Waals surface area (Å²) < 4.78 is 0. The maximum atomic E-state index is 12.9. The second kappa shape index (κ2) is 4.88. The molecular weight excluding hydrogens is 288 g/mol. The Bertz CT molecular complexity index is 834. The smallest absolute Gasteiger partial charge is 0.226 e. The molecule has 114 valence electrons. The van der Waals surface area contributed by atoms with Crippen molar-refractivity contribution in [1.82, 2.24) is 9.97 Å². The molecule has 0 spiro atoms. The molecule has 5 nitrogen and oxygen atoms in total. The van der Waals surface area contributed by atoms with Gasteiger partial charge in [0, 0.05) is 17.0 Å². The van der Waals surface area contributed by atoms with Crippen LogP contribution in [0.5, 0.6) is 0 Å². The second-order valence-electron chi connectivity index (χ2n) is 6.24. The zero-order valence-corrected chi connectivity index (χ0v) is 13.0. The standard InChI is InChI=1S/C18H16N4O/c1-10-7-11(2)21-18(20-10)22-15-8-12(9-19)16(22)17(23)14-6-4-3-5-13(14)15/h3-7,12,15-16H,8H2,1-2H3. The van der Waals surface area contributed by atoms with E-state index in [4.69, 9.17) is 0 Å². The SMILES string of the molecule is Cc1cc(C)nc(N2C3CC(C#N)C2C(=O)c2ccccc23)n1. The summed E-state index contributed by atoms with van der Waals surface area (Å²) in [5, 5.41) is 9.51. The highest BCUT2D eigenvalue weighted by Crippen LogP contribution is 2.47. The molecule has 2 aliphatic heterocycles. The van der Waals surface area contributed by atoms with Crippen molar-refractivity contribution in [2.24, 2.45) is 5.92 Å². The van der Waals surface area contributed by atoms with Crippen molar-refractivity contribution in [3.05, 3.63) is 52.8 Å². The molecule has 3 unspecified atom stereocenters. The van der Waals surface area contributed by atoms with Crippen molar-refractivity contribution >= 4 is 11.7 Å². The quantitative estimate of drug-likeness (QED) is 0.810. The molecule has 0 saturated carbocycles. The summed E-state index contributed by atoms with van der Waals surface area (Å²) in [6.07, 6.45) is 0.639. The summed E-state index contributed by atoms with van der Waals surface area (Å²) in [6.45, 7) is 3.84. The third kappa shape index (κ3) is 1.95. The van der Waals surface area contributed by atoms with E-state index in [-0.39, 0.29) is 17.7 Å². The van der Waals surface area contributed by atoms with Crippen molar-refractivity contribution < 1.29 is 4.79 Å². The first-order valence-corrected chi connectivity index (χ1v) is 7.73. The molecule has 3 atom stereocenters. The van der Waals surface area contributed by atoms with Crippen molar-refractivity contribution in [1.29, 1.82) is 5.26 Å². The summed E-state index contributed by atoms with van der Waals surface area (Å²) in [7, 11) is 0. The number of anilines is 1. The number of carbonyl (C=O) groups is 1. The van der Waals surface area contributed by atoms with Gasteiger partial charge in [-0.15, -0.1) is 0 Å². The summed E-state index contributed by atoms with van der Waals surface area (Å²) in [5.41, 5.74) is 3.45. The average Bonchev–Trinajstić information content (AvgIpc) is 2.87. The van der Waals surface area contributed by atoms with Crippen LogP contribution in [0.25, 0.3) is 0 Å². The normalized spacial score (nSPS) is 25.2. The van der Waals surface area contributed by atoms with Crippen LogP contribution in [0.2, 0.25) is 0 Å². The van der Waals surface area contributed by atoms with Gasteiger partial charge in [0.05, 0.1) is 18.0 Å². The fraction of sp³-hybridized carbons (Fsp3) is 0.333. The maximum absolute atomic E-state index is 12.9. The van der Waals surface area contributed by atoms with Crippen molar-refractivity contribution in [3.8, 4) is 6.07 Å². The van der Waals surface area contributed by atoms with Crippen LogP contribution in [0.4, 0.5) is 5.95 Å². The van der Waals surface area contributed by atoms with Crippen molar-refractivity contribution in [3.63, 3.8) is 0 Å². The van der Waals surface area contributed by atoms with Gasteiger partial charge >= 0.3 is 0 Å². The zero-order chi connectivity index (χ0) is 16.1. The topological polar surface area (TPSA) is 69.9 Å². The Morgan fingerprint density at radius 2 is 1.91 bits per heavy atom. The molecule has 3 heterocycles. The van der Waals surface area contributed by atoms with E-state index in [1.165, 1.54) is 0 Å². The van der Waals surface area contributed by atoms with Crippen molar-refractivity contribution in [2.45, 2.75) is 32.4 Å². The fourth-order valence-corrected chi connectivity index (χ4v) is 3.84. The van der Waals surface area contributed by atoms with Gasteiger partial charge < -0.3 is 4.90 Å². The number of fused-ring (bicyclic) bond motifs is 4. The van der Waals surface area contributed by atoms with Gasteiger partial charge in [-0.1, -0.05) is 24.3 Å². The van der Waals surface area contributed by atoms with Gasteiger partial charge in [-0.05, 0) is 31.9 Å². The molecular formula is C18H16N4O. The molecule has 1 aromatic carbocycles. The second-order valence-corrected chi connectivity index (χ2v) is 6.24. The molecule has 0 amide bonds. The molecule has 5 heteroatoms. The van der Waals surface area contributed by atoms with Gasteiger partial charge in [-0.3, -0.25) is 4.79 Å². The lowest BCUT2D eigenvalue weighted by molar-refractivity contribution is 0.0945. The summed E-state index contributed by atoms with van der Waals surface area (Å²) in [4.78, 5) is 24.0. The fourth-order valence-electron chi connectivity index (χ4n) is 3.84. The Morgan fingerprint density at radius 3 is 2.61 bits per heavy atom. The third-order valence-electron chi connectivity index (χ3n) is 4.71. The van der Waals surface area contributed by atoms with Gasteiger partial charge in [-0.2, -0.15) is 5.26 Å². The molecule has 1 aromatic heterocycles. The number of hydrogen-bond acceptors (Lipinski definition) is 5. The van der Waals surface area contributed by atoms with Gasteiger partial charge in [0.1, 0.15) is 6.04 Å². The molecule has 2 aromatic rings. The molecule has 4 rings (SSSR count). The first kappa shape index (κ1) is 13.9. The van der Waals surface area contributed by atoms with Gasteiger partial charge in [0.15, 0.2) is 5.78 Å². The molecule has 0 radical (unpaired) electrons. The zero-order valence-electron chi connectivity index (χ0n) is 13.0. The number of Topliss-reactive ketones (excluding diaryl/α,β-unsaturated/α-hetero) is 1. The lowest BCUT2D eigenvalue weighted by Crippen LogP contribution is -2.45. The molecule has 0 aliphatic carbocycles. The summed E-state index contributed by atoms with van der Waals surface area (Å²) in [5.74, 6) is 0.228. The predicted octanol–water partition coefficient (Wildman–Crippen LogP) is 2.75. The minimum atomic E-state index is -0.485. The highest BCUT2D eigenvalue weighted by molar-refractivity contribution is 6.06. The minimum absolute atomic E-state index is 0.00339. The molecule has 2 aliphatic rings. The Balaban J connectivity index is 1.91. The van der Waals surface area contributed by atoms with Crippen LogP contribution in [-0.2, 0) is 0 Å². The largest absolute Gasteiger partial charge is 0.322 e. The van der Waals surface area contributed by atoms with Crippen LogP contribution in [0, 0.1) is 31.1 Å². The van der Waals surface area contributed by atoms with Crippen LogP contribution in [-0.4, -0.2) is 21.8 Å². The minimum Gasteiger partial charge on any atom is -0.322 e. The molecule has 2 bridgehead atoms. The number of benzene rings is 1. The van der Waals surface area contributed by atoms with E-state index >= 15 is 0 Å². The van der Waals surface area contributed by atoms with Gasteiger partial charge in [0.25, 0.3) is 0 Å². The van der Waals surface area contributed by atoms with E-state index in [1.54, 1.807) is 0 Å². The van der Waals surface area contributed by atoms with E-state index < -0.39 is 6.04 Å². The lowest BCUT2D eigenvalue weighted by Gasteiger charge is -2.35. The van der Waals surface area contributed by atoms with Crippen LogP contribution < -0.4 is 4.90 Å². The number of carbonyl (C=O) groups excluding carboxylic acids is 1. The highest BCUT2D eigenvalue weighted by atomic mass is 16.1. The Morgan fingerprint density at radius 1 is 1.22 bits per heavy atom.